The Bertz CT molecular complexity index is 958. The van der Waals surface area contributed by atoms with Gasteiger partial charge in [0.1, 0.15) is 10.7 Å². The number of nitrogens with zero attached hydrogens (tertiary/aromatic N) is 4. The third-order valence-electron chi connectivity index (χ3n) is 3.00. The van der Waals surface area contributed by atoms with Gasteiger partial charge in [-0.2, -0.15) is 0 Å². The second kappa shape index (κ2) is 7.03. The molecule has 0 saturated heterocycles. The van der Waals surface area contributed by atoms with Gasteiger partial charge in [0, 0.05) is 5.69 Å². The van der Waals surface area contributed by atoms with Crippen molar-refractivity contribution in [1.82, 2.24) is 19.9 Å². The van der Waals surface area contributed by atoms with E-state index in [0.717, 1.165) is 11.5 Å². The molecule has 3 aromatic rings. The highest BCUT2D eigenvalue weighted by Crippen LogP contribution is 2.21. The molecule has 0 aliphatic carbocycles. The summed E-state index contributed by atoms with van der Waals surface area (Å²) in [5.41, 5.74) is 0.912. The van der Waals surface area contributed by atoms with Crippen LogP contribution in [0, 0.1) is 18.2 Å². The van der Waals surface area contributed by atoms with Gasteiger partial charge in [-0.05, 0) is 62.9 Å². The third kappa shape index (κ3) is 3.69. The van der Waals surface area contributed by atoms with Crippen molar-refractivity contribution >= 4 is 50.7 Å². The molecule has 0 aliphatic rings. The molecule has 1 amide bonds. The fourth-order valence-electron chi connectivity index (χ4n) is 1.82. The molecule has 1 aromatic carbocycles. The maximum Gasteiger partial charge on any atom is 0.270 e. The molecule has 0 spiro atoms. The van der Waals surface area contributed by atoms with E-state index in [0.29, 0.717) is 16.3 Å². The van der Waals surface area contributed by atoms with Crippen LogP contribution in [0.1, 0.15) is 21.1 Å². The van der Waals surface area contributed by atoms with Crippen LogP contribution < -0.4 is 10.6 Å². The lowest BCUT2D eigenvalue weighted by molar-refractivity contribution is 0.102. The number of benzene rings is 1. The molecule has 0 aliphatic heterocycles. The molecule has 3 rings (SSSR count). The van der Waals surface area contributed by atoms with E-state index in [1.807, 2.05) is 0 Å². The number of amidine groups is 1. The first kappa shape index (κ1) is 17.1. The van der Waals surface area contributed by atoms with Crippen LogP contribution in [0.25, 0.3) is 0 Å². The normalized spacial score (nSPS) is 10.5. The minimum Gasteiger partial charge on any atom is -0.339 e. The van der Waals surface area contributed by atoms with Crippen molar-refractivity contribution in [2.75, 3.05) is 10.6 Å². The van der Waals surface area contributed by atoms with E-state index in [-0.39, 0.29) is 21.8 Å². The van der Waals surface area contributed by atoms with Crippen molar-refractivity contribution < 1.29 is 13.8 Å². The number of nitrogens with one attached hydrogen (secondary N) is 3. The number of halogens is 2. The Hall–Kier alpha value is -2.73. The van der Waals surface area contributed by atoms with Crippen LogP contribution in [0.15, 0.2) is 27.3 Å². The quantitative estimate of drug-likeness (QED) is 0.432. The van der Waals surface area contributed by atoms with Crippen molar-refractivity contribution in [2.24, 2.45) is 0 Å². The maximum atomic E-state index is 13.3. The Morgan fingerprint density at radius 3 is 2.84 bits per heavy atom. The second-order valence-corrected chi connectivity index (χ2v) is 6.34. The Balaban J connectivity index is 1.76. The van der Waals surface area contributed by atoms with Crippen molar-refractivity contribution in [2.45, 2.75) is 6.92 Å². The number of hydrogen-bond donors (Lipinski definition) is 3. The summed E-state index contributed by atoms with van der Waals surface area (Å²) in [5.74, 6) is -1.13. The van der Waals surface area contributed by atoms with Crippen molar-refractivity contribution in [1.29, 1.82) is 5.41 Å². The topological polar surface area (TPSA) is 130 Å². The van der Waals surface area contributed by atoms with Gasteiger partial charge in [-0.25, -0.2) is 9.02 Å². The number of amides is 1. The molecule has 0 saturated carbocycles. The Labute approximate surface area is 152 Å². The summed E-state index contributed by atoms with van der Waals surface area (Å²) in [6.45, 7) is 1.65. The third-order valence-corrected chi connectivity index (χ3v) is 4.44. The van der Waals surface area contributed by atoms with E-state index in [2.05, 4.69) is 51.1 Å². The zero-order valence-corrected chi connectivity index (χ0v) is 14.9. The largest absolute Gasteiger partial charge is 0.339 e. The van der Waals surface area contributed by atoms with Crippen LogP contribution in [-0.4, -0.2) is 31.6 Å². The Morgan fingerprint density at radius 2 is 2.16 bits per heavy atom. The number of aryl methyl sites for hydroxylation is 1. The fourth-order valence-corrected chi connectivity index (χ4v) is 2.75. The lowest BCUT2D eigenvalue weighted by atomic mass is 10.3. The molecule has 3 N–H and O–H groups in total. The van der Waals surface area contributed by atoms with Gasteiger partial charge < -0.3 is 10.6 Å². The summed E-state index contributed by atoms with van der Waals surface area (Å²) in [5, 5.41) is 24.2. The van der Waals surface area contributed by atoms with E-state index >= 15 is 0 Å². The molecule has 0 unspecified atom stereocenters. The Kier molecular flexibility index (Phi) is 4.81. The predicted molar refractivity (Wildman–Crippen MR) is 91.4 cm³/mol. The highest BCUT2D eigenvalue weighted by Gasteiger charge is 2.21. The van der Waals surface area contributed by atoms with E-state index in [1.165, 1.54) is 18.2 Å². The summed E-state index contributed by atoms with van der Waals surface area (Å²) in [6, 6.07) is 4.15. The molecule has 0 bridgehead atoms. The van der Waals surface area contributed by atoms with E-state index < -0.39 is 11.7 Å². The number of rotatable bonds is 4. The first-order chi connectivity index (χ1) is 12.0. The number of carbonyl (C=O) groups excluding carboxylic acids is 1. The second-order valence-electron chi connectivity index (χ2n) is 4.73. The molecule has 2 heterocycles. The van der Waals surface area contributed by atoms with Gasteiger partial charge in [0.05, 0.1) is 10.2 Å². The lowest BCUT2D eigenvalue weighted by Crippen LogP contribution is -2.18. The molecule has 0 radical (unpaired) electrons. The summed E-state index contributed by atoms with van der Waals surface area (Å²) in [6.07, 6.45) is 0. The number of carbonyl (C=O) groups is 1. The van der Waals surface area contributed by atoms with E-state index in [4.69, 9.17) is 5.41 Å². The molecule has 25 heavy (non-hydrogen) atoms. The SMILES string of the molecule is Cc1nnsc1C(=O)Nc1nonc1C(=N)Nc1ccc(F)c(Br)c1. The molecule has 128 valence electrons. The van der Waals surface area contributed by atoms with Gasteiger partial charge in [-0.3, -0.25) is 10.2 Å². The Morgan fingerprint density at radius 1 is 1.36 bits per heavy atom. The highest BCUT2D eigenvalue weighted by atomic mass is 79.9. The monoisotopic (exact) mass is 425 g/mol. The summed E-state index contributed by atoms with van der Waals surface area (Å²) >= 11 is 4.00. The van der Waals surface area contributed by atoms with Crippen LogP contribution in [-0.2, 0) is 0 Å². The maximum absolute atomic E-state index is 13.3. The fraction of sp³-hybridized carbons (Fsp3) is 0.0769. The van der Waals surface area contributed by atoms with E-state index in [9.17, 15) is 9.18 Å². The zero-order valence-electron chi connectivity index (χ0n) is 12.5. The molecule has 0 atom stereocenters. The molecule has 9 nitrogen and oxygen atoms in total. The lowest BCUT2D eigenvalue weighted by Gasteiger charge is -2.07. The smallest absolute Gasteiger partial charge is 0.270 e. The van der Waals surface area contributed by atoms with Gasteiger partial charge in [-0.1, -0.05) is 4.49 Å². The van der Waals surface area contributed by atoms with Crippen molar-refractivity contribution in [3.8, 4) is 0 Å². The number of aromatic nitrogens is 4. The first-order valence-electron chi connectivity index (χ1n) is 6.69. The van der Waals surface area contributed by atoms with Crippen LogP contribution in [0.4, 0.5) is 15.9 Å². The highest BCUT2D eigenvalue weighted by molar-refractivity contribution is 9.10. The van der Waals surface area contributed by atoms with Crippen LogP contribution in [0.2, 0.25) is 0 Å². The van der Waals surface area contributed by atoms with Gasteiger partial charge >= 0.3 is 0 Å². The zero-order chi connectivity index (χ0) is 18.0. The average molecular weight is 426 g/mol. The molecule has 12 heteroatoms. The van der Waals surface area contributed by atoms with Gasteiger partial charge in [0.25, 0.3) is 5.91 Å². The van der Waals surface area contributed by atoms with Crippen molar-refractivity contribution in [3.05, 3.63) is 44.8 Å². The summed E-state index contributed by atoms with van der Waals surface area (Å²) in [7, 11) is 0. The first-order valence-corrected chi connectivity index (χ1v) is 8.26. The van der Waals surface area contributed by atoms with E-state index in [1.54, 1.807) is 6.92 Å². The molecular formula is C13H9BrFN7O2S. The van der Waals surface area contributed by atoms with Crippen LogP contribution in [0.5, 0.6) is 0 Å². The van der Waals surface area contributed by atoms with Gasteiger partial charge in [0.15, 0.2) is 11.5 Å². The van der Waals surface area contributed by atoms with Crippen LogP contribution in [0.3, 0.4) is 0 Å². The minimum atomic E-state index is -0.484. The molecule has 2 aromatic heterocycles. The van der Waals surface area contributed by atoms with Gasteiger partial charge in [-0.15, -0.1) is 5.10 Å². The predicted octanol–water partition coefficient (Wildman–Crippen LogP) is 2.82. The molecule has 0 fully saturated rings. The number of hydrogen-bond acceptors (Lipinski definition) is 8. The summed E-state index contributed by atoms with van der Waals surface area (Å²) < 4.78 is 21.8. The summed E-state index contributed by atoms with van der Waals surface area (Å²) in [4.78, 5) is 12.5. The van der Waals surface area contributed by atoms with Gasteiger partial charge in [0.2, 0.25) is 5.82 Å². The average Bonchev–Trinajstić information content (AvgIpc) is 3.19. The standard InChI is InChI=1S/C13H9BrFN7O2S/c1-5-10(25-22-19-5)13(23)18-12-9(20-24-21-12)11(16)17-6-2-3-8(15)7(14)4-6/h2-4H,1H3,(H2,16,17)(H,18,21,23). The minimum absolute atomic E-state index is 0.0103. The van der Waals surface area contributed by atoms with Crippen molar-refractivity contribution in [3.63, 3.8) is 0 Å². The van der Waals surface area contributed by atoms with Crippen LogP contribution >= 0.6 is 27.5 Å². The number of anilines is 2. The molecular weight excluding hydrogens is 417 g/mol.